The third-order valence-electron chi connectivity index (χ3n) is 5.63. The molecule has 174 valence electrons. The number of carbonyl (C=O) groups is 3. The van der Waals surface area contributed by atoms with Gasteiger partial charge in [-0.05, 0) is 43.2 Å². The van der Waals surface area contributed by atoms with Crippen molar-refractivity contribution in [2.24, 2.45) is 0 Å². The number of carbonyl (C=O) groups excluding carboxylic acids is 3. The molecule has 0 unspecified atom stereocenters. The van der Waals surface area contributed by atoms with E-state index in [2.05, 4.69) is 5.32 Å². The fraction of sp³-hybridized carbons (Fsp3) is 0.348. The van der Waals surface area contributed by atoms with Crippen molar-refractivity contribution in [2.45, 2.75) is 25.4 Å². The molecule has 2 aliphatic heterocycles. The minimum atomic E-state index is -3.44. The molecule has 0 saturated carbocycles. The molecule has 2 atom stereocenters. The largest absolute Gasteiger partial charge is 0.486 e. The summed E-state index contributed by atoms with van der Waals surface area (Å²) in [5.74, 6) is -1.02. The number of nitrogens with one attached hydrogen (secondary N) is 1. The molecule has 3 amide bonds. The summed E-state index contributed by atoms with van der Waals surface area (Å²) in [6.07, 6.45) is 0.839. The number of amides is 3. The predicted octanol–water partition coefficient (Wildman–Crippen LogP) is 1.73. The number of hydrogen-bond acceptors (Lipinski definition) is 7. The van der Waals surface area contributed by atoms with Crippen molar-refractivity contribution in [1.82, 2.24) is 10.2 Å². The fourth-order valence-corrected chi connectivity index (χ4v) is 4.57. The molecule has 0 aromatic heterocycles. The van der Waals surface area contributed by atoms with E-state index in [1.54, 1.807) is 37.3 Å². The lowest BCUT2D eigenvalue weighted by atomic mass is 10.1. The molecule has 0 radical (unpaired) electrons. The maximum atomic E-state index is 13.3. The van der Waals surface area contributed by atoms with Crippen LogP contribution in [0.3, 0.4) is 0 Å². The molecule has 10 heteroatoms. The van der Waals surface area contributed by atoms with Crippen LogP contribution in [0.15, 0.2) is 42.5 Å². The Bertz CT molecular complexity index is 1190. The van der Waals surface area contributed by atoms with E-state index in [9.17, 15) is 22.8 Å². The number of nitrogens with zero attached hydrogens (tertiary/aromatic N) is 1. The normalized spacial score (nSPS) is 16.8. The van der Waals surface area contributed by atoms with Crippen LogP contribution in [0, 0.1) is 0 Å². The van der Waals surface area contributed by atoms with Gasteiger partial charge >= 0.3 is 0 Å². The van der Waals surface area contributed by atoms with Crippen LogP contribution in [-0.2, 0) is 14.6 Å². The summed E-state index contributed by atoms with van der Waals surface area (Å²) >= 11 is 0. The average molecular weight is 473 g/mol. The standard InChI is InChI=1S/C23H24N2O7S/c1-14(15-7-8-19-20(13-15)32-11-10-31-19)24-21(26)18(9-12-33(2,29)30)25-22(27)16-5-3-4-6-17(16)23(25)28/h3-8,13-14,18H,9-12H2,1-2H3,(H,24,26)/t14-,18+/m1/s1. The summed E-state index contributed by atoms with van der Waals surface area (Å²) in [4.78, 5) is 40.0. The van der Waals surface area contributed by atoms with Crippen LogP contribution in [0.2, 0.25) is 0 Å². The van der Waals surface area contributed by atoms with Gasteiger partial charge in [0, 0.05) is 6.26 Å². The Morgan fingerprint density at radius 3 is 2.24 bits per heavy atom. The minimum absolute atomic E-state index is 0.194. The first-order valence-corrected chi connectivity index (χ1v) is 12.6. The SMILES string of the molecule is C[C@@H](NC(=O)[C@H](CCS(C)(=O)=O)N1C(=O)c2ccccc2C1=O)c1ccc2c(c1)OCCO2. The first kappa shape index (κ1) is 22.8. The lowest BCUT2D eigenvalue weighted by Crippen LogP contribution is -2.50. The Kier molecular flexibility index (Phi) is 6.11. The van der Waals surface area contributed by atoms with Gasteiger partial charge in [-0.1, -0.05) is 18.2 Å². The van der Waals surface area contributed by atoms with Gasteiger partial charge < -0.3 is 14.8 Å². The van der Waals surface area contributed by atoms with Gasteiger partial charge in [0.15, 0.2) is 11.5 Å². The van der Waals surface area contributed by atoms with E-state index in [-0.39, 0.29) is 23.3 Å². The molecule has 0 saturated heterocycles. The van der Waals surface area contributed by atoms with Crippen molar-refractivity contribution >= 4 is 27.6 Å². The predicted molar refractivity (Wildman–Crippen MR) is 119 cm³/mol. The fourth-order valence-electron chi connectivity index (χ4n) is 3.92. The smallest absolute Gasteiger partial charge is 0.262 e. The van der Waals surface area contributed by atoms with Crippen LogP contribution < -0.4 is 14.8 Å². The third-order valence-corrected chi connectivity index (χ3v) is 6.60. The Labute approximate surface area is 191 Å². The molecular weight excluding hydrogens is 448 g/mol. The van der Waals surface area contributed by atoms with Crippen LogP contribution in [0.5, 0.6) is 11.5 Å². The van der Waals surface area contributed by atoms with Crippen LogP contribution in [0.25, 0.3) is 0 Å². The highest BCUT2D eigenvalue weighted by atomic mass is 32.2. The highest BCUT2D eigenvalue weighted by molar-refractivity contribution is 7.90. The van der Waals surface area contributed by atoms with E-state index in [4.69, 9.17) is 9.47 Å². The van der Waals surface area contributed by atoms with Crippen LogP contribution in [-0.4, -0.2) is 62.3 Å². The highest BCUT2D eigenvalue weighted by Gasteiger charge is 2.43. The van der Waals surface area contributed by atoms with Crippen LogP contribution >= 0.6 is 0 Å². The Balaban J connectivity index is 1.58. The van der Waals surface area contributed by atoms with Crippen molar-refractivity contribution in [3.05, 3.63) is 59.2 Å². The molecule has 2 aliphatic rings. The molecule has 0 aliphatic carbocycles. The lowest BCUT2D eigenvalue weighted by Gasteiger charge is -2.27. The summed E-state index contributed by atoms with van der Waals surface area (Å²) in [6.45, 7) is 2.63. The molecule has 33 heavy (non-hydrogen) atoms. The Morgan fingerprint density at radius 1 is 1.03 bits per heavy atom. The zero-order valence-corrected chi connectivity index (χ0v) is 19.1. The molecule has 2 aromatic rings. The first-order chi connectivity index (χ1) is 15.7. The van der Waals surface area contributed by atoms with Crippen LogP contribution in [0.4, 0.5) is 0 Å². The van der Waals surface area contributed by atoms with Gasteiger partial charge in [0.25, 0.3) is 11.8 Å². The molecular formula is C23H24N2O7S. The number of fused-ring (bicyclic) bond motifs is 2. The van der Waals surface area contributed by atoms with Crippen LogP contribution in [0.1, 0.15) is 45.7 Å². The zero-order valence-electron chi connectivity index (χ0n) is 18.2. The number of ether oxygens (including phenoxy) is 2. The number of sulfone groups is 1. The molecule has 0 fully saturated rings. The van der Waals surface area contributed by atoms with E-state index >= 15 is 0 Å². The van der Waals surface area contributed by atoms with Crippen molar-refractivity contribution in [2.75, 3.05) is 25.2 Å². The molecule has 0 bridgehead atoms. The quantitative estimate of drug-likeness (QED) is 0.610. The van der Waals surface area contributed by atoms with Gasteiger partial charge in [0.1, 0.15) is 29.1 Å². The van der Waals surface area contributed by atoms with E-state index < -0.39 is 39.6 Å². The molecule has 9 nitrogen and oxygen atoms in total. The summed E-state index contributed by atoms with van der Waals surface area (Å²) in [5, 5.41) is 2.81. The van der Waals surface area contributed by atoms with E-state index in [1.165, 1.54) is 12.1 Å². The van der Waals surface area contributed by atoms with Crippen molar-refractivity contribution < 1.29 is 32.3 Å². The topological polar surface area (TPSA) is 119 Å². The summed E-state index contributed by atoms with van der Waals surface area (Å²) in [7, 11) is -3.44. The van der Waals surface area contributed by atoms with E-state index in [1.807, 2.05) is 0 Å². The van der Waals surface area contributed by atoms with Gasteiger partial charge in [-0.25, -0.2) is 8.42 Å². The highest BCUT2D eigenvalue weighted by Crippen LogP contribution is 2.33. The van der Waals surface area contributed by atoms with Gasteiger partial charge in [-0.15, -0.1) is 0 Å². The number of rotatable bonds is 7. The van der Waals surface area contributed by atoms with Crippen molar-refractivity contribution in [3.8, 4) is 11.5 Å². The summed E-state index contributed by atoms with van der Waals surface area (Å²) in [6, 6.07) is 9.80. The Hall–Kier alpha value is -3.40. The number of hydrogen-bond donors (Lipinski definition) is 1. The molecule has 0 spiro atoms. The molecule has 4 rings (SSSR count). The van der Waals surface area contributed by atoms with Gasteiger partial charge in [-0.3, -0.25) is 19.3 Å². The average Bonchev–Trinajstić information content (AvgIpc) is 3.03. The molecule has 2 aromatic carbocycles. The van der Waals surface area contributed by atoms with E-state index in [0.717, 1.165) is 16.7 Å². The van der Waals surface area contributed by atoms with Gasteiger partial charge in [-0.2, -0.15) is 0 Å². The second kappa shape index (κ2) is 8.86. The minimum Gasteiger partial charge on any atom is -0.486 e. The van der Waals surface area contributed by atoms with Crippen molar-refractivity contribution in [1.29, 1.82) is 0 Å². The Morgan fingerprint density at radius 2 is 1.64 bits per heavy atom. The molecule has 1 N–H and O–H groups in total. The second-order valence-corrected chi connectivity index (χ2v) is 10.4. The summed E-state index contributed by atoms with van der Waals surface area (Å²) < 4.78 is 34.7. The first-order valence-electron chi connectivity index (χ1n) is 10.5. The maximum absolute atomic E-state index is 13.3. The molecule has 2 heterocycles. The zero-order chi connectivity index (χ0) is 23.8. The second-order valence-electron chi connectivity index (χ2n) is 8.09. The summed E-state index contributed by atoms with van der Waals surface area (Å²) in [5.41, 5.74) is 1.12. The van der Waals surface area contributed by atoms with E-state index in [0.29, 0.717) is 24.7 Å². The monoisotopic (exact) mass is 472 g/mol. The third kappa shape index (κ3) is 4.70. The number of benzene rings is 2. The van der Waals surface area contributed by atoms with Gasteiger partial charge in [0.05, 0.1) is 22.9 Å². The maximum Gasteiger partial charge on any atom is 0.262 e. The lowest BCUT2D eigenvalue weighted by molar-refractivity contribution is -0.125. The van der Waals surface area contributed by atoms with Crippen molar-refractivity contribution in [3.63, 3.8) is 0 Å². The number of imide groups is 1. The van der Waals surface area contributed by atoms with Gasteiger partial charge in [0.2, 0.25) is 5.91 Å².